The molecule has 3 aromatic rings. The predicted molar refractivity (Wildman–Crippen MR) is 79.4 cm³/mol. The molecule has 0 bridgehead atoms. The zero-order valence-corrected chi connectivity index (χ0v) is 11.9. The molecule has 0 fully saturated rings. The number of azo groups is 1. The Bertz CT molecular complexity index is 899. The first-order chi connectivity index (χ1) is 10.2. The summed E-state index contributed by atoms with van der Waals surface area (Å²) in [5, 5.41) is 27.6. The largest absolute Gasteiger partial charge is 0.505 e. The Morgan fingerprint density at radius 1 is 1.24 bits per heavy atom. The van der Waals surface area contributed by atoms with Gasteiger partial charge in [0.25, 0.3) is 0 Å². The van der Waals surface area contributed by atoms with Gasteiger partial charge < -0.3 is 5.11 Å². The van der Waals surface area contributed by atoms with Crippen molar-refractivity contribution < 1.29 is 5.11 Å². The van der Waals surface area contributed by atoms with Crippen molar-refractivity contribution in [2.24, 2.45) is 10.2 Å². The van der Waals surface area contributed by atoms with E-state index in [-0.39, 0.29) is 16.7 Å². The molecule has 0 unspecified atom stereocenters. The van der Waals surface area contributed by atoms with Gasteiger partial charge in [0.2, 0.25) is 0 Å². The van der Waals surface area contributed by atoms with E-state index < -0.39 is 0 Å². The first kappa shape index (κ1) is 13.4. The number of rotatable bonds is 2. The van der Waals surface area contributed by atoms with Crippen LogP contribution in [0.5, 0.6) is 5.75 Å². The number of aromatic nitrogens is 2. The molecule has 102 valence electrons. The molecule has 8 heteroatoms. The van der Waals surface area contributed by atoms with Gasteiger partial charge >= 0.3 is 0 Å². The fraction of sp³-hybridized carbons (Fsp3) is 0. The van der Waals surface area contributed by atoms with E-state index in [0.29, 0.717) is 10.6 Å². The third-order valence-corrected chi connectivity index (χ3v) is 3.68. The number of nitrogens with zero attached hydrogens (tertiary/aromatic N) is 5. The summed E-state index contributed by atoms with van der Waals surface area (Å²) < 4.78 is 4.23. The topological polar surface area (TPSA) is 94.5 Å². The van der Waals surface area contributed by atoms with Gasteiger partial charge in [-0.2, -0.15) is 9.64 Å². The summed E-state index contributed by atoms with van der Waals surface area (Å²) in [4.78, 5) is 3.87. The van der Waals surface area contributed by atoms with E-state index in [1.807, 2.05) is 0 Å². The Balaban J connectivity index is 1.99. The van der Waals surface area contributed by atoms with Gasteiger partial charge in [-0.05, 0) is 41.9 Å². The summed E-state index contributed by atoms with van der Waals surface area (Å²) in [6.45, 7) is 0. The summed E-state index contributed by atoms with van der Waals surface area (Å²) in [6.07, 6.45) is 0. The molecule has 0 saturated carbocycles. The second-order valence-corrected chi connectivity index (χ2v) is 5.12. The Hall–Kier alpha value is -2.56. The van der Waals surface area contributed by atoms with Gasteiger partial charge in [0.1, 0.15) is 0 Å². The van der Waals surface area contributed by atoms with Crippen LogP contribution in [0.25, 0.3) is 10.9 Å². The van der Waals surface area contributed by atoms with Gasteiger partial charge in [-0.15, -0.1) is 10.2 Å². The number of nitriles is 1. The fourth-order valence-electron chi connectivity index (χ4n) is 1.64. The smallest absolute Gasteiger partial charge is 0.176 e. The molecule has 0 radical (unpaired) electrons. The first-order valence-corrected chi connectivity index (χ1v) is 6.89. The highest BCUT2D eigenvalue weighted by Gasteiger charge is 2.07. The van der Waals surface area contributed by atoms with Crippen molar-refractivity contribution in [3.8, 4) is 11.8 Å². The van der Waals surface area contributed by atoms with E-state index in [4.69, 9.17) is 16.9 Å². The zero-order chi connectivity index (χ0) is 14.8. The standard InChI is InChI=1S/C13H6ClN5OS/c14-12-10(20)3-4-11(16-12)17-18-13-8-5-7(6-15)1-2-9(8)19-21-13/h1-5,20H/b18-17+. The van der Waals surface area contributed by atoms with Gasteiger partial charge in [0.05, 0.1) is 17.1 Å². The highest BCUT2D eigenvalue weighted by Crippen LogP contribution is 2.32. The molecule has 6 nitrogen and oxygen atoms in total. The average molecular weight is 316 g/mol. The lowest BCUT2D eigenvalue weighted by atomic mass is 10.2. The van der Waals surface area contributed by atoms with E-state index in [1.165, 1.54) is 23.7 Å². The molecule has 0 spiro atoms. The summed E-state index contributed by atoms with van der Waals surface area (Å²) in [7, 11) is 0. The molecule has 3 rings (SSSR count). The van der Waals surface area contributed by atoms with Gasteiger partial charge in [-0.1, -0.05) is 11.6 Å². The van der Waals surface area contributed by atoms with Gasteiger partial charge in [-0.25, -0.2) is 4.98 Å². The number of fused-ring (bicyclic) bond motifs is 1. The molecule has 0 amide bonds. The van der Waals surface area contributed by atoms with Gasteiger partial charge in [0, 0.05) is 5.39 Å². The van der Waals surface area contributed by atoms with E-state index >= 15 is 0 Å². The van der Waals surface area contributed by atoms with Crippen LogP contribution in [0.15, 0.2) is 40.6 Å². The highest BCUT2D eigenvalue weighted by molar-refractivity contribution is 7.11. The summed E-state index contributed by atoms with van der Waals surface area (Å²) >= 11 is 6.88. The van der Waals surface area contributed by atoms with Crippen LogP contribution < -0.4 is 0 Å². The molecular weight excluding hydrogens is 310 g/mol. The number of benzene rings is 1. The minimum Gasteiger partial charge on any atom is -0.505 e. The maximum absolute atomic E-state index is 9.29. The molecule has 1 N–H and O–H groups in total. The molecular formula is C13H6ClN5OS. The molecule has 21 heavy (non-hydrogen) atoms. The van der Waals surface area contributed by atoms with Crippen LogP contribution in [0.1, 0.15) is 5.56 Å². The number of halogens is 1. The van der Waals surface area contributed by atoms with Crippen LogP contribution in [0.3, 0.4) is 0 Å². The average Bonchev–Trinajstić information content (AvgIpc) is 2.90. The molecule has 2 heterocycles. The molecule has 0 aliphatic rings. The highest BCUT2D eigenvalue weighted by atomic mass is 35.5. The Kier molecular flexibility index (Phi) is 3.48. The lowest BCUT2D eigenvalue weighted by Crippen LogP contribution is -1.76. The molecule has 0 saturated heterocycles. The van der Waals surface area contributed by atoms with Crippen molar-refractivity contribution >= 4 is 44.9 Å². The van der Waals surface area contributed by atoms with Crippen LogP contribution in [0, 0.1) is 11.3 Å². The summed E-state index contributed by atoms with van der Waals surface area (Å²) in [5.74, 6) is 0.160. The van der Waals surface area contributed by atoms with E-state index in [1.54, 1.807) is 18.2 Å². The van der Waals surface area contributed by atoms with Gasteiger partial charge in [0.15, 0.2) is 21.7 Å². The predicted octanol–water partition coefficient (Wildman–Crippen LogP) is 4.34. The molecule has 1 aromatic carbocycles. The van der Waals surface area contributed by atoms with Gasteiger partial charge in [-0.3, -0.25) is 0 Å². The van der Waals surface area contributed by atoms with Crippen LogP contribution in [-0.4, -0.2) is 14.5 Å². The second kappa shape index (κ2) is 5.44. The van der Waals surface area contributed by atoms with Crippen molar-refractivity contribution in [1.82, 2.24) is 9.36 Å². The third kappa shape index (κ3) is 2.67. The lowest BCUT2D eigenvalue weighted by Gasteiger charge is -1.95. The summed E-state index contributed by atoms with van der Waals surface area (Å²) in [5.41, 5.74) is 1.29. The van der Waals surface area contributed by atoms with Crippen molar-refractivity contribution in [3.63, 3.8) is 0 Å². The molecule has 0 aliphatic heterocycles. The van der Waals surface area contributed by atoms with Crippen LogP contribution in [-0.2, 0) is 0 Å². The Morgan fingerprint density at radius 3 is 2.86 bits per heavy atom. The maximum Gasteiger partial charge on any atom is 0.176 e. The first-order valence-electron chi connectivity index (χ1n) is 5.74. The number of hydrogen-bond donors (Lipinski definition) is 1. The minimum atomic E-state index is -0.113. The zero-order valence-electron chi connectivity index (χ0n) is 10.4. The molecule has 2 aromatic heterocycles. The van der Waals surface area contributed by atoms with Crippen LogP contribution >= 0.6 is 23.1 Å². The van der Waals surface area contributed by atoms with E-state index in [0.717, 1.165) is 10.9 Å². The lowest BCUT2D eigenvalue weighted by molar-refractivity contribution is 0.473. The minimum absolute atomic E-state index is 0.0348. The van der Waals surface area contributed by atoms with E-state index in [9.17, 15) is 5.11 Å². The third-order valence-electron chi connectivity index (χ3n) is 2.64. The summed E-state index contributed by atoms with van der Waals surface area (Å²) in [6, 6.07) is 10.1. The van der Waals surface area contributed by atoms with Crippen molar-refractivity contribution in [3.05, 3.63) is 41.0 Å². The number of hydrogen-bond acceptors (Lipinski definition) is 7. The normalized spacial score (nSPS) is 11.0. The van der Waals surface area contributed by atoms with Crippen molar-refractivity contribution in [2.45, 2.75) is 0 Å². The van der Waals surface area contributed by atoms with E-state index in [2.05, 4.69) is 25.7 Å². The second-order valence-electron chi connectivity index (χ2n) is 4.01. The fourth-order valence-corrected chi connectivity index (χ4v) is 2.47. The quantitative estimate of drug-likeness (QED) is 0.562. The van der Waals surface area contributed by atoms with Crippen LogP contribution in [0.2, 0.25) is 5.15 Å². The number of pyridine rings is 1. The molecule has 0 atom stereocenters. The van der Waals surface area contributed by atoms with Crippen LogP contribution in [0.4, 0.5) is 10.8 Å². The Morgan fingerprint density at radius 2 is 2.10 bits per heavy atom. The monoisotopic (exact) mass is 315 g/mol. The van der Waals surface area contributed by atoms with Crippen molar-refractivity contribution in [1.29, 1.82) is 5.26 Å². The maximum atomic E-state index is 9.29. The Labute approximate surface area is 128 Å². The van der Waals surface area contributed by atoms with Crippen molar-refractivity contribution in [2.75, 3.05) is 0 Å². The number of aromatic hydroxyl groups is 1. The SMILES string of the molecule is N#Cc1ccc2nsc(/N=N/c3ccc(O)c(Cl)n3)c2c1. The molecule has 0 aliphatic carbocycles.